The SMILES string of the molecule is NC(=S)NNC(=O)c1c(F)cccc1Br. The van der Waals surface area contributed by atoms with Gasteiger partial charge in [0.05, 0.1) is 5.56 Å². The van der Waals surface area contributed by atoms with Crippen LogP contribution >= 0.6 is 28.1 Å². The lowest BCUT2D eigenvalue weighted by Gasteiger charge is -2.08. The van der Waals surface area contributed by atoms with E-state index in [0.29, 0.717) is 4.47 Å². The molecular weight excluding hydrogens is 285 g/mol. The Bertz CT molecular complexity index is 393. The highest BCUT2D eigenvalue weighted by Gasteiger charge is 2.14. The van der Waals surface area contributed by atoms with Crippen molar-refractivity contribution in [1.82, 2.24) is 10.9 Å². The highest BCUT2D eigenvalue weighted by molar-refractivity contribution is 9.10. The zero-order valence-electron chi connectivity index (χ0n) is 7.38. The van der Waals surface area contributed by atoms with E-state index in [1.165, 1.54) is 12.1 Å². The molecule has 1 rings (SSSR count). The third-order valence-corrected chi connectivity index (χ3v) is 2.25. The molecule has 7 heteroatoms. The molecule has 4 nitrogen and oxygen atoms in total. The largest absolute Gasteiger partial charge is 0.375 e. The maximum Gasteiger partial charge on any atom is 0.273 e. The number of carbonyl (C=O) groups excluding carboxylic acids is 1. The first kappa shape index (κ1) is 11.9. The Morgan fingerprint density at radius 2 is 2.13 bits per heavy atom. The number of hydrogen-bond acceptors (Lipinski definition) is 2. The van der Waals surface area contributed by atoms with E-state index in [9.17, 15) is 9.18 Å². The molecular formula is C8H7BrFN3OS. The molecule has 0 unspecified atom stereocenters. The molecule has 0 saturated heterocycles. The lowest BCUT2D eigenvalue weighted by molar-refractivity contribution is 0.0939. The summed E-state index contributed by atoms with van der Waals surface area (Å²) in [5.74, 6) is -1.29. The van der Waals surface area contributed by atoms with Crippen LogP contribution in [0, 0.1) is 5.82 Å². The fraction of sp³-hybridized carbons (Fsp3) is 0. The van der Waals surface area contributed by atoms with E-state index in [-0.39, 0.29) is 10.7 Å². The number of rotatable bonds is 1. The summed E-state index contributed by atoms with van der Waals surface area (Å²) in [5, 5.41) is -0.101. The topological polar surface area (TPSA) is 67.2 Å². The minimum atomic E-state index is -0.659. The van der Waals surface area contributed by atoms with E-state index >= 15 is 0 Å². The first-order valence-electron chi connectivity index (χ1n) is 3.82. The second-order valence-electron chi connectivity index (χ2n) is 2.54. The van der Waals surface area contributed by atoms with Crippen LogP contribution in [0.3, 0.4) is 0 Å². The Labute approximate surface area is 99.1 Å². The molecule has 1 amide bonds. The Kier molecular flexibility index (Phi) is 3.98. The molecule has 0 aliphatic heterocycles. The zero-order chi connectivity index (χ0) is 11.4. The molecule has 0 saturated carbocycles. The van der Waals surface area contributed by atoms with Crippen LogP contribution in [0.5, 0.6) is 0 Å². The summed E-state index contributed by atoms with van der Waals surface area (Å²) in [4.78, 5) is 11.4. The van der Waals surface area contributed by atoms with E-state index in [0.717, 1.165) is 0 Å². The quantitative estimate of drug-likeness (QED) is 0.535. The van der Waals surface area contributed by atoms with Crippen LogP contribution in [0.15, 0.2) is 22.7 Å². The number of carbonyl (C=O) groups is 1. The number of benzene rings is 1. The van der Waals surface area contributed by atoms with E-state index in [4.69, 9.17) is 5.73 Å². The summed E-state index contributed by atoms with van der Waals surface area (Å²) in [6.45, 7) is 0. The van der Waals surface area contributed by atoms with Gasteiger partial charge in [0.25, 0.3) is 5.91 Å². The van der Waals surface area contributed by atoms with Gasteiger partial charge in [-0.3, -0.25) is 15.6 Å². The summed E-state index contributed by atoms with van der Waals surface area (Å²) >= 11 is 7.54. The maximum absolute atomic E-state index is 13.2. The van der Waals surface area contributed by atoms with Crippen LogP contribution in [0.4, 0.5) is 4.39 Å². The van der Waals surface area contributed by atoms with Crippen LogP contribution in [0.1, 0.15) is 10.4 Å². The Hall–Kier alpha value is -1.21. The fourth-order valence-electron chi connectivity index (χ4n) is 0.896. The average molecular weight is 292 g/mol. The summed E-state index contributed by atoms with van der Waals surface area (Å²) in [6, 6.07) is 4.22. The van der Waals surface area contributed by atoms with Crippen LogP contribution in [-0.2, 0) is 0 Å². The lowest BCUT2D eigenvalue weighted by atomic mass is 10.2. The molecule has 0 heterocycles. The highest BCUT2D eigenvalue weighted by Crippen LogP contribution is 2.18. The summed E-state index contributed by atoms with van der Waals surface area (Å²) in [7, 11) is 0. The maximum atomic E-state index is 13.2. The fourth-order valence-corrected chi connectivity index (χ4v) is 1.47. The van der Waals surface area contributed by atoms with Crippen molar-refractivity contribution in [2.75, 3.05) is 0 Å². The zero-order valence-corrected chi connectivity index (χ0v) is 9.78. The molecule has 1 aromatic rings. The van der Waals surface area contributed by atoms with E-state index in [1.54, 1.807) is 6.07 Å². The standard InChI is InChI=1S/C8H7BrFN3OS/c9-4-2-1-3-5(10)6(4)7(14)12-13-8(11)15/h1-3H,(H,12,14)(H3,11,13,15). The highest BCUT2D eigenvalue weighted by atomic mass is 79.9. The van der Waals surface area contributed by atoms with Gasteiger partial charge in [0.2, 0.25) is 0 Å². The van der Waals surface area contributed by atoms with E-state index < -0.39 is 11.7 Å². The predicted molar refractivity (Wildman–Crippen MR) is 61.5 cm³/mol. The lowest BCUT2D eigenvalue weighted by Crippen LogP contribution is -2.44. The first-order valence-corrected chi connectivity index (χ1v) is 5.02. The van der Waals surface area contributed by atoms with Gasteiger partial charge in [-0.15, -0.1) is 0 Å². The number of hydrogen-bond donors (Lipinski definition) is 3. The molecule has 0 bridgehead atoms. The molecule has 0 fully saturated rings. The molecule has 0 radical (unpaired) electrons. The monoisotopic (exact) mass is 291 g/mol. The first-order chi connectivity index (χ1) is 7.02. The smallest absolute Gasteiger partial charge is 0.273 e. The minimum Gasteiger partial charge on any atom is -0.375 e. The van der Waals surface area contributed by atoms with Gasteiger partial charge in [0.15, 0.2) is 5.11 Å². The van der Waals surface area contributed by atoms with E-state index in [2.05, 4.69) is 39.0 Å². The van der Waals surface area contributed by atoms with Crippen molar-refractivity contribution in [2.24, 2.45) is 5.73 Å². The van der Waals surface area contributed by atoms with Gasteiger partial charge < -0.3 is 5.73 Å². The number of nitrogens with one attached hydrogen (secondary N) is 2. The van der Waals surface area contributed by atoms with Gasteiger partial charge in [-0.2, -0.15) is 0 Å². The normalized spacial score (nSPS) is 9.47. The van der Waals surface area contributed by atoms with Crippen LogP contribution in [-0.4, -0.2) is 11.0 Å². The molecule has 0 atom stereocenters. The van der Waals surface area contributed by atoms with Gasteiger partial charge in [-0.05, 0) is 40.3 Å². The summed E-state index contributed by atoms with van der Waals surface area (Å²) in [5.41, 5.74) is 9.36. The summed E-state index contributed by atoms with van der Waals surface area (Å²) < 4.78 is 13.6. The van der Waals surface area contributed by atoms with Crippen molar-refractivity contribution in [3.63, 3.8) is 0 Å². The molecule has 80 valence electrons. The van der Waals surface area contributed by atoms with Crippen molar-refractivity contribution < 1.29 is 9.18 Å². The number of amides is 1. The molecule has 0 aliphatic rings. The third kappa shape index (κ3) is 3.14. The van der Waals surface area contributed by atoms with Crippen LogP contribution in [0.25, 0.3) is 0 Å². The van der Waals surface area contributed by atoms with Gasteiger partial charge in [0.1, 0.15) is 5.82 Å². The van der Waals surface area contributed by atoms with Crippen molar-refractivity contribution >= 4 is 39.2 Å². The van der Waals surface area contributed by atoms with E-state index in [1.807, 2.05) is 0 Å². The Morgan fingerprint density at radius 1 is 1.47 bits per heavy atom. The van der Waals surface area contributed by atoms with Gasteiger partial charge in [0, 0.05) is 4.47 Å². The predicted octanol–water partition coefficient (Wildman–Crippen LogP) is 1.07. The number of thiocarbonyl (C=S) groups is 1. The Morgan fingerprint density at radius 3 is 2.67 bits per heavy atom. The third-order valence-electron chi connectivity index (χ3n) is 1.49. The van der Waals surface area contributed by atoms with Crippen molar-refractivity contribution in [2.45, 2.75) is 0 Å². The van der Waals surface area contributed by atoms with Crippen molar-refractivity contribution in [3.05, 3.63) is 34.1 Å². The number of halogens is 2. The molecule has 0 aromatic heterocycles. The van der Waals surface area contributed by atoms with Gasteiger partial charge in [-0.1, -0.05) is 6.07 Å². The van der Waals surface area contributed by atoms with Crippen LogP contribution in [0.2, 0.25) is 0 Å². The van der Waals surface area contributed by atoms with Crippen molar-refractivity contribution in [1.29, 1.82) is 0 Å². The molecule has 15 heavy (non-hydrogen) atoms. The number of hydrazine groups is 1. The van der Waals surface area contributed by atoms with Crippen molar-refractivity contribution in [3.8, 4) is 0 Å². The minimum absolute atomic E-state index is 0.101. The second kappa shape index (κ2) is 5.04. The van der Waals surface area contributed by atoms with Crippen LogP contribution < -0.4 is 16.6 Å². The van der Waals surface area contributed by atoms with Gasteiger partial charge in [-0.25, -0.2) is 4.39 Å². The molecule has 1 aromatic carbocycles. The average Bonchev–Trinajstić information content (AvgIpc) is 2.14. The molecule has 0 spiro atoms. The van der Waals surface area contributed by atoms with Gasteiger partial charge >= 0.3 is 0 Å². The molecule has 0 aliphatic carbocycles. The number of nitrogens with two attached hydrogens (primary N) is 1. The summed E-state index contributed by atoms with van der Waals surface area (Å²) in [6.07, 6.45) is 0. The Balaban J connectivity index is 2.86. The molecule has 4 N–H and O–H groups in total. The second-order valence-corrected chi connectivity index (χ2v) is 3.83.